The van der Waals surface area contributed by atoms with Gasteiger partial charge in [-0.05, 0) is 43.5 Å². The summed E-state index contributed by atoms with van der Waals surface area (Å²) in [5, 5.41) is 1.13. The van der Waals surface area contributed by atoms with Crippen molar-refractivity contribution >= 4 is 16.8 Å². The van der Waals surface area contributed by atoms with Crippen molar-refractivity contribution in [1.29, 1.82) is 0 Å². The summed E-state index contributed by atoms with van der Waals surface area (Å²) in [6.45, 7) is 7.64. The molecule has 1 amide bonds. The molecule has 0 radical (unpaired) electrons. The first-order valence-electron chi connectivity index (χ1n) is 7.11. The molecular formula is C16H21N3O. The third-order valence-corrected chi connectivity index (χ3v) is 4.51. The number of hydrogen-bond acceptors (Lipinski definition) is 2. The smallest absolute Gasteiger partial charge is 0.253 e. The maximum Gasteiger partial charge on any atom is 0.253 e. The topological polar surface area (TPSA) is 62.1 Å². The maximum absolute atomic E-state index is 12.6. The Labute approximate surface area is 118 Å². The number of H-pyrrole nitrogens is 1. The molecule has 20 heavy (non-hydrogen) atoms. The van der Waals surface area contributed by atoms with E-state index in [-0.39, 0.29) is 11.9 Å². The minimum Gasteiger partial charge on any atom is -0.358 e. The van der Waals surface area contributed by atoms with Crippen LogP contribution in [0.3, 0.4) is 0 Å². The van der Waals surface area contributed by atoms with Crippen molar-refractivity contribution in [3.05, 3.63) is 35.0 Å². The summed E-state index contributed by atoms with van der Waals surface area (Å²) in [6.07, 6.45) is 0. The van der Waals surface area contributed by atoms with Crippen molar-refractivity contribution in [2.24, 2.45) is 11.7 Å². The molecule has 1 aromatic heterocycles. The molecule has 1 fully saturated rings. The van der Waals surface area contributed by atoms with Gasteiger partial charge in [-0.3, -0.25) is 4.79 Å². The average molecular weight is 271 g/mol. The van der Waals surface area contributed by atoms with Gasteiger partial charge in [0.15, 0.2) is 0 Å². The zero-order chi connectivity index (χ0) is 14.4. The van der Waals surface area contributed by atoms with Gasteiger partial charge in [-0.15, -0.1) is 0 Å². The van der Waals surface area contributed by atoms with Crippen LogP contribution in [0.25, 0.3) is 10.9 Å². The Bertz CT molecular complexity index is 664. The SMILES string of the molecule is Cc1[nH]c2ccc(C(=O)N3CC(C)C(N)C3)cc2c1C. The zero-order valence-electron chi connectivity index (χ0n) is 12.2. The van der Waals surface area contributed by atoms with Crippen molar-refractivity contribution in [2.45, 2.75) is 26.8 Å². The summed E-state index contributed by atoms with van der Waals surface area (Å²) >= 11 is 0. The van der Waals surface area contributed by atoms with Crippen LogP contribution in [0.15, 0.2) is 18.2 Å². The summed E-state index contributed by atoms with van der Waals surface area (Å²) in [6, 6.07) is 5.97. The number of nitrogens with zero attached hydrogens (tertiary/aromatic N) is 1. The van der Waals surface area contributed by atoms with Gasteiger partial charge < -0.3 is 15.6 Å². The largest absolute Gasteiger partial charge is 0.358 e. The van der Waals surface area contributed by atoms with Crippen LogP contribution in [0.1, 0.15) is 28.5 Å². The van der Waals surface area contributed by atoms with Gasteiger partial charge in [0.05, 0.1) is 0 Å². The van der Waals surface area contributed by atoms with E-state index in [0.29, 0.717) is 12.5 Å². The summed E-state index contributed by atoms with van der Waals surface area (Å²) in [4.78, 5) is 17.8. The molecule has 0 saturated carbocycles. The molecule has 2 aromatic rings. The summed E-state index contributed by atoms with van der Waals surface area (Å²) in [5.41, 5.74) is 10.2. The summed E-state index contributed by atoms with van der Waals surface area (Å²) < 4.78 is 0. The number of amides is 1. The van der Waals surface area contributed by atoms with E-state index >= 15 is 0 Å². The monoisotopic (exact) mass is 271 g/mol. The molecule has 106 valence electrons. The van der Waals surface area contributed by atoms with E-state index < -0.39 is 0 Å². The van der Waals surface area contributed by atoms with Gasteiger partial charge in [0.1, 0.15) is 0 Å². The minimum atomic E-state index is 0.0879. The third-order valence-electron chi connectivity index (χ3n) is 4.51. The number of hydrogen-bond donors (Lipinski definition) is 2. The molecule has 1 saturated heterocycles. The normalized spacial score (nSPS) is 22.7. The molecule has 1 aliphatic heterocycles. The van der Waals surface area contributed by atoms with Crippen molar-refractivity contribution in [3.63, 3.8) is 0 Å². The lowest BCUT2D eigenvalue weighted by Crippen LogP contribution is -2.32. The number of carbonyl (C=O) groups is 1. The molecule has 1 aromatic carbocycles. The molecule has 4 nitrogen and oxygen atoms in total. The molecular weight excluding hydrogens is 250 g/mol. The van der Waals surface area contributed by atoms with Crippen LogP contribution in [0.5, 0.6) is 0 Å². The molecule has 2 heterocycles. The van der Waals surface area contributed by atoms with Crippen LogP contribution < -0.4 is 5.73 Å². The highest BCUT2D eigenvalue weighted by Gasteiger charge is 2.30. The Hall–Kier alpha value is -1.81. The Balaban J connectivity index is 1.94. The van der Waals surface area contributed by atoms with Crippen LogP contribution in [0, 0.1) is 19.8 Å². The first-order chi connectivity index (χ1) is 9.47. The number of benzene rings is 1. The zero-order valence-corrected chi connectivity index (χ0v) is 12.2. The Morgan fingerprint density at radius 3 is 2.75 bits per heavy atom. The fraction of sp³-hybridized carbons (Fsp3) is 0.438. The van der Waals surface area contributed by atoms with Gasteiger partial charge in [-0.1, -0.05) is 6.92 Å². The van der Waals surface area contributed by atoms with Gasteiger partial charge in [0.25, 0.3) is 5.91 Å². The standard InChI is InChI=1S/C16H21N3O/c1-9-7-19(8-14(9)17)16(20)12-4-5-15-13(6-12)10(2)11(3)18-15/h4-6,9,14,18H,7-8,17H2,1-3H3. The number of aromatic amines is 1. The molecule has 3 rings (SSSR count). The maximum atomic E-state index is 12.6. The Morgan fingerprint density at radius 2 is 2.10 bits per heavy atom. The number of fused-ring (bicyclic) bond motifs is 1. The second-order valence-corrected chi connectivity index (χ2v) is 5.99. The van der Waals surface area contributed by atoms with Crippen molar-refractivity contribution < 1.29 is 4.79 Å². The van der Waals surface area contributed by atoms with E-state index in [1.54, 1.807) is 0 Å². The Morgan fingerprint density at radius 1 is 1.35 bits per heavy atom. The van der Waals surface area contributed by atoms with Crippen molar-refractivity contribution in [1.82, 2.24) is 9.88 Å². The highest BCUT2D eigenvalue weighted by atomic mass is 16.2. The molecule has 2 atom stereocenters. The van der Waals surface area contributed by atoms with Crippen LogP contribution >= 0.6 is 0 Å². The number of rotatable bonds is 1. The highest BCUT2D eigenvalue weighted by Crippen LogP contribution is 2.24. The van der Waals surface area contributed by atoms with E-state index in [0.717, 1.165) is 28.7 Å². The second kappa shape index (κ2) is 4.63. The van der Waals surface area contributed by atoms with E-state index in [1.807, 2.05) is 23.1 Å². The first kappa shape index (κ1) is 13.2. The predicted molar refractivity (Wildman–Crippen MR) is 80.8 cm³/mol. The molecule has 0 aliphatic carbocycles. The highest BCUT2D eigenvalue weighted by molar-refractivity contribution is 5.99. The minimum absolute atomic E-state index is 0.0879. The summed E-state index contributed by atoms with van der Waals surface area (Å²) in [7, 11) is 0. The molecule has 1 aliphatic rings. The fourth-order valence-corrected chi connectivity index (χ4v) is 2.93. The van der Waals surface area contributed by atoms with Crippen LogP contribution in [-0.4, -0.2) is 34.9 Å². The van der Waals surface area contributed by atoms with Gasteiger partial charge >= 0.3 is 0 Å². The van der Waals surface area contributed by atoms with E-state index in [1.165, 1.54) is 5.56 Å². The number of likely N-dealkylation sites (tertiary alicyclic amines) is 1. The fourth-order valence-electron chi connectivity index (χ4n) is 2.93. The molecule has 2 unspecified atom stereocenters. The van der Waals surface area contributed by atoms with Gasteiger partial charge in [-0.2, -0.15) is 0 Å². The van der Waals surface area contributed by atoms with Gasteiger partial charge in [0.2, 0.25) is 0 Å². The molecule has 4 heteroatoms. The number of nitrogens with two attached hydrogens (primary N) is 1. The van der Waals surface area contributed by atoms with Gasteiger partial charge in [-0.25, -0.2) is 0 Å². The third kappa shape index (κ3) is 2.00. The number of carbonyl (C=O) groups excluding carboxylic acids is 1. The number of aryl methyl sites for hydroxylation is 2. The van der Waals surface area contributed by atoms with Gasteiger partial charge in [0, 0.05) is 41.3 Å². The van der Waals surface area contributed by atoms with E-state index in [9.17, 15) is 4.79 Å². The van der Waals surface area contributed by atoms with Crippen molar-refractivity contribution in [2.75, 3.05) is 13.1 Å². The lowest BCUT2D eigenvalue weighted by Gasteiger charge is -2.16. The average Bonchev–Trinajstić information content (AvgIpc) is 2.90. The van der Waals surface area contributed by atoms with Crippen LogP contribution in [0.2, 0.25) is 0 Å². The molecule has 3 N–H and O–H groups in total. The van der Waals surface area contributed by atoms with Crippen molar-refractivity contribution in [3.8, 4) is 0 Å². The predicted octanol–water partition coefficient (Wildman–Crippen LogP) is 2.20. The van der Waals surface area contributed by atoms with E-state index in [4.69, 9.17) is 5.73 Å². The molecule has 0 bridgehead atoms. The van der Waals surface area contributed by atoms with E-state index in [2.05, 4.69) is 25.8 Å². The van der Waals surface area contributed by atoms with Crippen LogP contribution in [0.4, 0.5) is 0 Å². The second-order valence-electron chi connectivity index (χ2n) is 5.99. The first-order valence-corrected chi connectivity index (χ1v) is 7.11. The quantitative estimate of drug-likeness (QED) is 0.835. The Kier molecular flexibility index (Phi) is 3.05. The molecule has 0 spiro atoms. The van der Waals surface area contributed by atoms with Crippen LogP contribution in [-0.2, 0) is 0 Å². The lowest BCUT2D eigenvalue weighted by molar-refractivity contribution is 0.0787. The lowest BCUT2D eigenvalue weighted by atomic mass is 10.1. The number of aromatic nitrogens is 1. The summed E-state index contributed by atoms with van der Waals surface area (Å²) in [5.74, 6) is 0.462. The number of nitrogens with one attached hydrogen (secondary N) is 1.